The molecule has 136 valence electrons. The first kappa shape index (κ1) is 17.0. The van der Waals surface area contributed by atoms with Gasteiger partial charge in [-0.15, -0.1) is 0 Å². The first-order valence-electron chi connectivity index (χ1n) is 9.34. The van der Waals surface area contributed by atoms with E-state index >= 15 is 0 Å². The van der Waals surface area contributed by atoms with E-state index in [1.165, 1.54) is 0 Å². The average molecular weight is 352 g/mol. The third kappa shape index (κ3) is 3.05. The van der Waals surface area contributed by atoms with Crippen molar-refractivity contribution in [2.24, 2.45) is 0 Å². The minimum Gasteiger partial charge on any atom is -0.343 e. The van der Waals surface area contributed by atoms with Crippen LogP contribution < -0.4 is 10.6 Å². The molecule has 1 aromatic carbocycles. The molecule has 1 aromatic heterocycles. The number of pyridine rings is 1. The second-order valence-electron chi connectivity index (χ2n) is 7.16. The Balaban J connectivity index is 1.44. The van der Waals surface area contributed by atoms with Gasteiger partial charge in [0.05, 0.1) is 5.52 Å². The van der Waals surface area contributed by atoms with Crippen LogP contribution in [0.15, 0.2) is 36.5 Å². The number of carbonyl (C=O) groups is 2. The standard InChI is InChI=1S/C20H24N4O2/c1-2-5-16-20(26)24-12-15(10-17(24)19(25)23-16)22-11-14-7-3-6-13-8-4-9-21-18(13)14/h3-4,6-9,15-17,22H,2,5,10-12H2,1H3,(H,23,25)/t15-,16-,17-/m0/s1. The normalized spacial score (nSPS) is 25.4. The lowest BCUT2D eigenvalue weighted by molar-refractivity contribution is -0.147. The predicted octanol–water partition coefficient (Wildman–Crippen LogP) is 1.59. The van der Waals surface area contributed by atoms with E-state index in [1.807, 2.05) is 19.1 Å². The topological polar surface area (TPSA) is 74.3 Å². The molecular formula is C20H24N4O2. The number of piperazine rings is 1. The number of nitrogens with zero attached hydrogens (tertiary/aromatic N) is 2. The Bertz CT molecular complexity index is 832. The number of nitrogens with one attached hydrogen (secondary N) is 2. The van der Waals surface area contributed by atoms with Gasteiger partial charge in [-0.3, -0.25) is 14.6 Å². The molecule has 2 amide bonds. The molecule has 3 heterocycles. The first-order chi connectivity index (χ1) is 12.7. The molecule has 2 aromatic rings. The van der Waals surface area contributed by atoms with Gasteiger partial charge in [-0.25, -0.2) is 0 Å². The summed E-state index contributed by atoms with van der Waals surface area (Å²) < 4.78 is 0. The van der Waals surface area contributed by atoms with Crippen LogP contribution in [-0.2, 0) is 16.1 Å². The summed E-state index contributed by atoms with van der Waals surface area (Å²) in [4.78, 5) is 31.2. The first-order valence-corrected chi connectivity index (χ1v) is 9.34. The number of rotatable bonds is 5. The number of hydrogen-bond acceptors (Lipinski definition) is 4. The molecule has 6 heteroatoms. The fourth-order valence-corrected chi connectivity index (χ4v) is 4.05. The molecule has 2 aliphatic rings. The second kappa shape index (κ2) is 7.03. The summed E-state index contributed by atoms with van der Waals surface area (Å²) in [6.45, 7) is 3.29. The van der Waals surface area contributed by atoms with Crippen molar-refractivity contribution in [2.45, 2.75) is 50.9 Å². The van der Waals surface area contributed by atoms with E-state index in [2.05, 4.69) is 33.8 Å². The van der Waals surface area contributed by atoms with Gasteiger partial charge in [-0.2, -0.15) is 0 Å². The maximum atomic E-state index is 12.6. The Morgan fingerprint density at radius 1 is 1.27 bits per heavy atom. The van der Waals surface area contributed by atoms with Crippen molar-refractivity contribution < 1.29 is 9.59 Å². The summed E-state index contributed by atoms with van der Waals surface area (Å²) >= 11 is 0. The van der Waals surface area contributed by atoms with Crippen LogP contribution in [0.1, 0.15) is 31.7 Å². The predicted molar refractivity (Wildman–Crippen MR) is 99.3 cm³/mol. The zero-order valence-electron chi connectivity index (χ0n) is 14.9. The van der Waals surface area contributed by atoms with E-state index in [9.17, 15) is 9.59 Å². The van der Waals surface area contributed by atoms with E-state index in [0.29, 0.717) is 25.9 Å². The lowest BCUT2D eigenvalue weighted by atomic mass is 10.0. The lowest BCUT2D eigenvalue weighted by Crippen LogP contribution is -2.61. The van der Waals surface area contributed by atoms with Crippen molar-refractivity contribution in [1.82, 2.24) is 20.5 Å². The molecule has 2 N–H and O–H groups in total. The molecule has 26 heavy (non-hydrogen) atoms. The van der Waals surface area contributed by atoms with E-state index in [-0.39, 0.29) is 29.9 Å². The van der Waals surface area contributed by atoms with Crippen molar-refractivity contribution in [3.63, 3.8) is 0 Å². The molecule has 0 spiro atoms. The largest absolute Gasteiger partial charge is 0.343 e. The second-order valence-corrected chi connectivity index (χ2v) is 7.16. The zero-order valence-corrected chi connectivity index (χ0v) is 14.9. The maximum absolute atomic E-state index is 12.6. The van der Waals surface area contributed by atoms with Gasteiger partial charge in [0.1, 0.15) is 12.1 Å². The van der Waals surface area contributed by atoms with Crippen molar-refractivity contribution in [1.29, 1.82) is 0 Å². The average Bonchev–Trinajstić information content (AvgIpc) is 3.09. The number of carbonyl (C=O) groups excluding carboxylic acids is 2. The number of aromatic nitrogens is 1. The van der Waals surface area contributed by atoms with Crippen LogP contribution in [0.5, 0.6) is 0 Å². The number of para-hydroxylation sites is 1. The molecule has 2 saturated heterocycles. The Kier molecular flexibility index (Phi) is 4.59. The molecule has 2 aliphatic heterocycles. The van der Waals surface area contributed by atoms with Crippen LogP contribution >= 0.6 is 0 Å². The highest BCUT2D eigenvalue weighted by atomic mass is 16.2. The molecule has 6 nitrogen and oxygen atoms in total. The molecule has 0 radical (unpaired) electrons. The number of fused-ring (bicyclic) bond motifs is 2. The Hall–Kier alpha value is -2.47. The Morgan fingerprint density at radius 2 is 2.12 bits per heavy atom. The van der Waals surface area contributed by atoms with Gasteiger partial charge in [0.25, 0.3) is 0 Å². The van der Waals surface area contributed by atoms with E-state index < -0.39 is 0 Å². The summed E-state index contributed by atoms with van der Waals surface area (Å²) in [5.41, 5.74) is 2.13. The van der Waals surface area contributed by atoms with Gasteiger partial charge < -0.3 is 15.5 Å². The highest BCUT2D eigenvalue weighted by molar-refractivity contribution is 5.97. The summed E-state index contributed by atoms with van der Waals surface area (Å²) in [6.07, 6.45) is 4.05. The smallest absolute Gasteiger partial charge is 0.245 e. The van der Waals surface area contributed by atoms with Gasteiger partial charge in [0, 0.05) is 30.7 Å². The summed E-state index contributed by atoms with van der Waals surface area (Å²) in [6, 6.07) is 9.57. The van der Waals surface area contributed by atoms with Crippen molar-refractivity contribution >= 4 is 22.7 Å². The van der Waals surface area contributed by atoms with Crippen LogP contribution in [0.4, 0.5) is 0 Å². The van der Waals surface area contributed by atoms with Crippen molar-refractivity contribution in [3.05, 3.63) is 42.1 Å². The minimum absolute atomic E-state index is 0.0147. The molecule has 4 rings (SSSR count). The molecule has 0 saturated carbocycles. The van der Waals surface area contributed by atoms with E-state index in [4.69, 9.17) is 0 Å². The molecule has 2 fully saturated rings. The quantitative estimate of drug-likeness (QED) is 0.857. The molecule has 3 atom stereocenters. The summed E-state index contributed by atoms with van der Waals surface area (Å²) in [5, 5.41) is 7.53. The number of benzene rings is 1. The number of amides is 2. The highest BCUT2D eigenvalue weighted by Crippen LogP contribution is 2.24. The lowest BCUT2D eigenvalue weighted by Gasteiger charge is -2.34. The zero-order chi connectivity index (χ0) is 18.1. The van der Waals surface area contributed by atoms with Gasteiger partial charge >= 0.3 is 0 Å². The van der Waals surface area contributed by atoms with Crippen LogP contribution in [0.3, 0.4) is 0 Å². The monoisotopic (exact) mass is 352 g/mol. The fraction of sp³-hybridized carbons (Fsp3) is 0.450. The minimum atomic E-state index is -0.357. The number of hydrogen-bond donors (Lipinski definition) is 2. The van der Waals surface area contributed by atoms with Gasteiger partial charge in [-0.1, -0.05) is 37.6 Å². The molecule has 0 bridgehead atoms. The summed E-state index contributed by atoms with van der Waals surface area (Å²) in [5.74, 6) is 0.0479. The van der Waals surface area contributed by atoms with Gasteiger partial charge in [0.15, 0.2) is 0 Å². The van der Waals surface area contributed by atoms with Crippen molar-refractivity contribution in [2.75, 3.05) is 6.54 Å². The fourth-order valence-electron chi connectivity index (χ4n) is 4.05. The maximum Gasteiger partial charge on any atom is 0.245 e. The van der Waals surface area contributed by atoms with Crippen LogP contribution in [0, 0.1) is 0 Å². The molecular weight excluding hydrogens is 328 g/mol. The Labute approximate surface area is 153 Å². The summed E-state index contributed by atoms with van der Waals surface area (Å²) in [7, 11) is 0. The van der Waals surface area contributed by atoms with Crippen LogP contribution in [0.25, 0.3) is 10.9 Å². The SMILES string of the molecule is CCC[C@@H]1NC(=O)[C@@H]2C[C@H](NCc3cccc4cccnc34)CN2C1=O. The highest BCUT2D eigenvalue weighted by Gasteiger charge is 2.45. The van der Waals surface area contributed by atoms with Gasteiger partial charge in [0.2, 0.25) is 11.8 Å². The van der Waals surface area contributed by atoms with Crippen molar-refractivity contribution in [3.8, 4) is 0 Å². The van der Waals surface area contributed by atoms with Crippen LogP contribution in [0.2, 0.25) is 0 Å². The van der Waals surface area contributed by atoms with E-state index in [1.54, 1.807) is 11.1 Å². The Morgan fingerprint density at radius 3 is 2.96 bits per heavy atom. The van der Waals surface area contributed by atoms with Gasteiger partial charge in [-0.05, 0) is 24.5 Å². The van der Waals surface area contributed by atoms with Crippen LogP contribution in [-0.4, -0.2) is 46.4 Å². The van der Waals surface area contributed by atoms with E-state index in [0.717, 1.165) is 22.9 Å². The third-order valence-electron chi connectivity index (χ3n) is 5.38. The molecule has 0 unspecified atom stereocenters. The third-order valence-corrected chi connectivity index (χ3v) is 5.38. The molecule has 0 aliphatic carbocycles.